The molecule has 0 fully saturated rings. The third-order valence-corrected chi connectivity index (χ3v) is 1.64. The molecule has 0 aromatic heterocycles. The molecule has 0 saturated heterocycles. The second kappa shape index (κ2) is 4.97. The predicted molar refractivity (Wildman–Crippen MR) is 49.5 cm³/mol. The molecule has 68 valence electrons. The fourth-order valence-corrected chi connectivity index (χ4v) is 0.770. The van der Waals surface area contributed by atoms with Crippen molar-refractivity contribution >= 4 is 0 Å². The highest BCUT2D eigenvalue weighted by Gasteiger charge is 2.22. The van der Waals surface area contributed by atoms with Gasteiger partial charge in [0.05, 0.1) is 6.61 Å². The highest BCUT2D eigenvalue weighted by Crippen LogP contribution is 2.21. The van der Waals surface area contributed by atoms with Gasteiger partial charge in [-0.25, -0.2) is 0 Å². The van der Waals surface area contributed by atoms with Gasteiger partial charge in [0.2, 0.25) is 0 Å². The monoisotopic (exact) mass is 168 g/mol. The molecular formula is C10H16O2. The summed E-state index contributed by atoms with van der Waals surface area (Å²) in [5.41, 5.74) is -0.397. The first kappa shape index (κ1) is 11.2. The molecule has 0 heterocycles. The molecule has 12 heavy (non-hydrogen) atoms. The molecule has 0 amide bonds. The molecule has 0 aromatic rings. The van der Waals surface area contributed by atoms with E-state index in [0.717, 1.165) is 0 Å². The van der Waals surface area contributed by atoms with E-state index in [1.54, 1.807) is 19.1 Å². The Morgan fingerprint density at radius 1 is 1.50 bits per heavy atom. The summed E-state index contributed by atoms with van der Waals surface area (Å²) in [4.78, 5) is 0. The van der Waals surface area contributed by atoms with Crippen molar-refractivity contribution in [3.63, 3.8) is 0 Å². The van der Waals surface area contributed by atoms with Gasteiger partial charge >= 0.3 is 0 Å². The van der Waals surface area contributed by atoms with Crippen molar-refractivity contribution in [2.24, 2.45) is 5.41 Å². The van der Waals surface area contributed by atoms with Crippen molar-refractivity contribution < 1.29 is 10.2 Å². The molecule has 1 atom stereocenters. The van der Waals surface area contributed by atoms with Crippen molar-refractivity contribution in [1.29, 1.82) is 0 Å². The Bertz CT molecular complexity index is 206. The second-order valence-corrected chi connectivity index (χ2v) is 3.20. The molecule has 0 aliphatic carbocycles. The van der Waals surface area contributed by atoms with Gasteiger partial charge < -0.3 is 10.2 Å². The van der Waals surface area contributed by atoms with E-state index in [4.69, 9.17) is 5.11 Å². The van der Waals surface area contributed by atoms with Crippen LogP contribution in [0.5, 0.6) is 0 Å². The molecule has 2 heteroatoms. The van der Waals surface area contributed by atoms with Crippen LogP contribution in [0.15, 0.2) is 12.2 Å². The fraction of sp³-hybridized carbons (Fsp3) is 0.600. The number of hydrogen-bond donors (Lipinski definition) is 2. The summed E-state index contributed by atoms with van der Waals surface area (Å²) in [7, 11) is 0. The molecule has 0 bridgehead atoms. The standard InChI is InChI=1S/C10H16O2/c1-4-6-9(12)10(2,3)7-5-8-11/h5,7,9,11-12H,8H2,1-3H3. The lowest BCUT2D eigenvalue weighted by atomic mass is 9.86. The van der Waals surface area contributed by atoms with Crippen LogP contribution in [0.3, 0.4) is 0 Å². The largest absolute Gasteiger partial charge is 0.392 e. The summed E-state index contributed by atoms with van der Waals surface area (Å²) >= 11 is 0. The smallest absolute Gasteiger partial charge is 0.123 e. The molecule has 0 saturated carbocycles. The highest BCUT2D eigenvalue weighted by atomic mass is 16.3. The van der Waals surface area contributed by atoms with Gasteiger partial charge in [-0.05, 0) is 6.92 Å². The molecule has 0 radical (unpaired) electrons. The minimum absolute atomic E-state index is 0.00426. The van der Waals surface area contributed by atoms with E-state index in [1.807, 2.05) is 13.8 Å². The van der Waals surface area contributed by atoms with E-state index in [0.29, 0.717) is 0 Å². The topological polar surface area (TPSA) is 40.5 Å². The summed E-state index contributed by atoms with van der Waals surface area (Å²) in [6, 6.07) is 0. The Kier molecular flexibility index (Phi) is 4.65. The summed E-state index contributed by atoms with van der Waals surface area (Å²) < 4.78 is 0. The van der Waals surface area contributed by atoms with Crippen molar-refractivity contribution in [2.45, 2.75) is 26.9 Å². The first-order valence-electron chi connectivity index (χ1n) is 3.93. The van der Waals surface area contributed by atoms with Crippen LogP contribution < -0.4 is 0 Å². The molecule has 0 spiro atoms. The van der Waals surface area contributed by atoms with Crippen LogP contribution in [-0.4, -0.2) is 22.9 Å². The lowest BCUT2D eigenvalue weighted by Crippen LogP contribution is -2.25. The molecule has 0 aliphatic rings. The summed E-state index contributed by atoms with van der Waals surface area (Å²) in [5.74, 6) is 5.32. The van der Waals surface area contributed by atoms with Crippen molar-refractivity contribution in [3.8, 4) is 11.8 Å². The molecule has 0 aliphatic heterocycles. The molecule has 1 unspecified atom stereocenters. The van der Waals surface area contributed by atoms with E-state index in [1.165, 1.54) is 0 Å². The zero-order chi connectivity index (χ0) is 9.61. The van der Waals surface area contributed by atoms with Crippen LogP contribution in [0.1, 0.15) is 20.8 Å². The Hall–Kier alpha value is -0.780. The zero-order valence-corrected chi connectivity index (χ0v) is 7.83. The van der Waals surface area contributed by atoms with Crippen molar-refractivity contribution in [1.82, 2.24) is 0 Å². The Labute approximate surface area is 73.9 Å². The van der Waals surface area contributed by atoms with Crippen molar-refractivity contribution in [3.05, 3.63) is 12.2 Å². The maximum atomic E-state index is 9.50. The average Bonchev–Trinajstić information content (AvgIpc) is 2.01. The van der Waals surface area contributed by atoms with Gasteiger partial charge in [0.15, 0.2) is 0 Å². The van der Waals surface area contributed by atoms with Gasteiger partial charge in [-0.15, -0.1) is 5.92 Å². The Morgan fingerprint density at radius 2 is 2.08 bits per heavy atom. The van der Waals surface area contributed by atoms with Gasteiger partial charge in [-0.1, -0.05) is 31.9 Å². The van der Waals surface area contributed by atoms with Gasteiger partial charge in [0.1, 0.15) is 6.10 Å². The highest BCUT2D eigenvalue weighted by molar-refractivity contribution is 5.12. The first-order chi connectivity index (χ1) is 5.54. The molecule has 0 aromatic carbocycles. The van der Waals surface area contributed by atoms with E-state index in [9.17, 15) is 5.11 Å². The van der Waals surface area contributed by atoms with E-state index >= 15 is 0 Å². The summed E-state index contributed by atoms with van der Waals surface area (Å²) in [6.45, 7) is 5.42. The molecular weight excluding hydrogens is 152 g/mol. The van der Waals surface area contributed by atoms with Crippen LogP contribution in [0.4, 0.5) is 0 Å². The average molecular weight is 168 g/mol. The lowest BCUT2D eigenvalue weighted by Gasteiger charge is -2.22. The van der Waals surface area contributed by atoms with Crippen LogP contribution in [-0.2, 0) is 0 Å². The number of aliphatic hydroxyl groups excluding tert-OH is 2. The zero-order valence-electron chi connectivity index (χ0n) is 7.83. The lowest BCUT2D eigenvalue weighted by molar-refractivity contribution is 0.134. The first-order valence-corrected chi connectivity index (χ1v) is 3.93. The van der Waals surface area contributed by atoms with Crippen LogP contribution in [0, 0.1) is 17.3 Å². The molecule has 0 rings (SSSR count). The van der Waals surface area contributed by atoms with Gasteiger partial charge in [-0.2, -0.15) is 0 Å². The summed E-state index contributed by atoms with van der Waals surface area (Å²) in [5, 5.41) is 18.0. The SMILES string of the molecule is CC#CC(O)C(C)(C)C=CCO. The van der Waals surface area contributed by atoms with Crippen molar-refractivity contribution in [2.75, 3.05) is 6.61 Å². The van der Waals surface area contributed by atoms with Gasteiger partial charge in [0.25, 0.3) is 0 Å². The molecule has 2 N–H and O–H groups in total. The van der Waals surface area contributed by atoms with Crippen LogP contribution >= 0.6 is 0 Å². The van der Waals surface area contributed by atoms with E-state index < -0.39 is 11.5 Å². The summed E-state index contributed by atoms with van der Waals surface area (Å²) in [6.07, 6.45) is 2.70. The molecule has 2 nitrogen and oxygen atoms in total. The Morgan fingerprint density at radius 3 is 2.50 bits per heavy atom. The normalized spacial score (nSPS) is 14.1. The van der Waals surface area contributed by atoms with Crippen LogP contribution in [0.25, 0.3) is 0 Å². The number of aliphatic hydroxyl groups is 2. The number of rotatable bonds is 3. The van der Waals surface area contributed by atoms with Gasteiger partial charge in [-0.3, -0.25) is 0 Å². The third kappa shape index (κ3) is 3.56. The second-order valence-electron chi connectivity index (χ2n) is 3.20. The minimum Gasteiger partial charge on any atom is -0.392 e. The van der Waals surface area contributed by atoms with Crippen LogP contribution in [0.2, 0.25) is 0 Å². The maximum Gasteiger partial charge on any atom is 0.123 e. The quantitative estimate of drug-likeness (QED) is 0.486. The third-order valence-electron chi connectivity index (χ3n) is 1.64. The van der Waals surface area contributed by atoms with E-state index in [2.05, 4.69) is 11.8 Å². The Balaban J connectivity index is 4.34. The fourth-order valence-electron chi connectivity index (χ4n) is 0.770. The predicted octanol–water partition coefficient (Wildman–Crippen LogP) is 0.945. The maximum absolute atomic E-state index is 9.50. The number of hydrogen-bond acceptors (Lipinski definition) is 2. The minimum atomic E-state index is -0.676. The van der Waals surface area contributed by atoms with E-state index in [-0.39, 0.29) is 6.61 Å². The van der Waals surface area contributed by atoms with Gasteiger partial charge in [0, 0.05) is 5.41 Å².